The first kappa shape index (κ1) is 11.5. The first-order chi connectivity index (χ1) is 7.16. The first-order valence-electron chi connectivity index (χ1n) is 7.16. The quantitative estimate of drug-likeness (QED) is 0.576. The predicted molar refractivity (Wildman–Crippen MR) is 66.8 cm³/mol. The van der Waals surface area contributed by atoms with Crippen LogP contribution >= 0.6 is 0 Å². The second-order valence-electron chi connectivity index (χ2n) is 6.55. The summed E-state index contributed by atoms with van der Waals surface area (Å²) in [6, 6.07) is 0. The molecule has 15 heavy (non-hydrogen) atoms. The summed E-state index contributed by atoms with van der Waals surface area (Å²) in [4.78, 5) is 0. The van der Waals surface area contributed by atoms with Gasteiger partial charge in [0.05, 0.1) is 0 Å². The average molecular weight is 208 g/mol. The molecule has 2 saturated carbocycles. The minimum Gasteiger partial charge on any atom is -0.0625 e. The lowest BCUT2D eigenvalue weighted by atomic mass is 9.67. The molecule has 3 atom stereocenters. The van der Waals surface area contributed by atoms with Gasteiger partial charge in [0.2, 0.25) is 0 Å². The predicted octanol–water partition coefficient (Wildman–Crippen LogP) is 4.89. The van der Waals surface area contributed by atoms with Crippen LogP contribution in [0.3, 0.4) is 0 Å². The molecule has 0 bridgehead atoms. The Bertz CT molecular complexity index is 188. The van der Waals surface area contributed by atoms with Gasteiger partial charge in [-0.3, -0.25) is 0 Å². The van der Waals surface area contributed by atoms with Gasteiger partial charge in [-0.1, -0.05) is 40.0 Å². The summed E-state index contributed by atoms with van der Waals surface area (Å²) in [5.41, 5.74) is 0. The van der Waals surface area contributed by atoms with E-state index >= 15 is 0 Å². The molecular formula is C15H28. The van der Waals surface area contributed by atoms with E-state index in [0.29, 0.717) is 0 Å². The van der Waals surface area contributed by atoms with Crippen LogP contribution in [0.25, 0.3) is 0 Å². The van der Waals surface area contributed by atoms with E-state index in [0.717, 1.165) is 29.6 Å². The SMILES string of the molecule is CC1CCC(C2CC[C@H](C)[C@@H](C)C2)CC1. The van der Waals surface area contributed by atoms with E-state index in [4.69, 9.17) is 0 Å². The standard InChI is InChI=1S/C15H28/c1-11-4-7-14(8-5-11)15-9-6-12(2)13(3)10-15/h11-15H,4-10H2,1-3H3/t11?,12-,13-,14?,15?/m0/s1. The highest BCUT2D eigenvalue weighted by molar-refractivity contribution is 4.82. The van der Waals surface area contributed by atoms with Crippen LogP contribution in [-0.2, 0) is 0 Å². The van der Waals surface area contributed by atoms with Crippen molar-refractivity contribution >= 4 is 0 Å². The van der Waals surface area contributed by atoms with Gasteiger partial charge in [-0.05, 0) is 55.3 Å². The molecule has 0 N–H and O–H groups in total. The molecule has 0 nitrogen and oxygen atoms in total. The van der Waals surface area contributed by atoms with Gasteiger partial charge < -0.3 is 0 Å². The molecule has 0 radical (unpaired) electrons. The number of rotatable bonds is 1. The number of hydrogen-bond acceptors (Lipinski definition) is 0. The van der Waals surface area contributed by atoms with E-state index in [1.54, 1.807) is 0 Å². The van der Waals surface area contributed by atoms with Crippen molar-refractivity contribution in [1.29, 1.82) is 0 Å². The van der Waals surface area contributed by atoms with Crippen LogP contribution in [-0.4, -0.2) is 0 Å². The third-order valence-electron chi connectivity index (χ3n) is 5.37. The monoisotopic (exact) mass is 208 g/mol. The van der Waals surface area contributed by atoms with Crippen molar-refractivity contribution in [2.45, 2.75) is 65.7 Å². The Labute approximate surface area is 95.8 Å². The Morgan fingerprint density at radius 3 is 1.80 bits per heavy atom. The second-order valence-corrected chi connectivity index (χ2v) is 6.55. The normalized spacial score (nSPS) is 47.8. The largest absolute Gasteiger partial charge is 0.0625 e. The topological polar surface area (TPSA) is 0 Å². The van der Waals surface area contributed by atoms with Crippen LogP contribution in [0, 0.1) is 29.6 Å². The third-order valence-corrected chi connectivity index (χ3v) is 5.37. The molecule has 1 unspecified atom stereocenters. The van der Waals surface area contributed by atoms with Gasteiger partial charge in [0.15, 0.2) is 0 Å². The average Bonchev–Trinajstić information content (AvgIpc) is 2.23. The minimum absolute atomic E-state index is 0.989. The molecule has 2 rings (SSSR count). The van der Waals surface area contributed by atoms with Crippen molar-refractivity contribution in [3.05, 3.63) is 0 Å². The summed E-state index contributed by atoms with van der Waals surface area (Å²) in [5, 5.41) is 0. The molecule has 0 saturated heterocycles. The van der Waals surface area contributed by atoms with Gasteiger partial charge in [-0.2, -0.15) is 0 Å². The maximum atomic E-state index is 2.47. The molecule has 0 aromatic carbocycles. The maximum Gasteiger partial charge on any atom is -0.0383 e. The van der Waals surface area contributed by atoms with Crippen molar-refractivity contribution in [2.24, 2.45) is 29.6 Å². The van der Waals surface area contributed by atoms with E-state index in [2.05, 4.69) is 20.8 Å². The highest BCUT2D eigenvalue weighted by Crippen LogP contribution is 2.43. The van der Waals surface area contributed by atoms with E-state index < -0.39 is 0 Å². The summed E-state index contributed by atoms with van der Waals surface area (Å²) < 4.78 is 0. The van der Waals surface area contributed by atoms with Gasteiger partial charge in [-0.25, -0.2) is 0 Å². The van der Waals surface area contributed by atoms with E-state index in [1.807, 2.05) is 0 Å². The van der Waals surface area contributed by atoms with Gasteiger partial charge in [0, 0.05) is 0 Å². The van der Waals surface area contributed by atoms with Crippen molar-refractivity contribution in [1.82, 2.24) is 0 Å². The Balaban J connectivity index is 1.84. The summed E-state index contributed by atoms with van der Waals surface area (Å²) in [6.45, 7) is 7.36. The van der Waals surface area contributed by atoms with Crippen molar-refractivity contribution in [3.63, 3.8) is 0 Å². The molecule has 0 heterocycles. The summed E-state index contributed by atoms with van der Waals surface area (Å²) in [6.07, 6.45) is 10.6. The lowest BCUT2D eigenvalue weighted by molar-refractivity contribution is 0.120. The van der Waals surface area contributed by atoms with Crippen LogP contribution in [0.4, 0.5) is 0 Å². The maximum absolute atomic E-state index is 2.47. The first-order valence-corrected chi connectivity index (χ1v) is 7.16. The fraction of sp³-hybridized carbons (Fsp3) is 1.00. The zero-order chi connectivity index (χ0) is 10.8. The summed E-state index contributed by atoms with van der Waals surface area (Å²) in [5.74, 6) is 5.17. The Morgan fingerprint density at radius 2 is 1.20 bits per heavy atom. The second kappa shape index (κ2) is 4.89. The highest BCUT2D eigenvalue weighted by Gasteiger charge is 2.31. The van der Waals surface area contributed by atoms with Crippen LogP contribution < -0.4 is 0 Å². The molecule has 0 aromatic heterocycles. The molecule has 88 valence electrons. The smallest absolute Gasteiger partial charge is 0.0383 e. The van der Waals surface area contributed by atoms with E-state index in [-0.39, 0.29) is 0 Å². The highest BCUT2D eigenvalue weighted by atomic mass is 14.4. The summed E-state index contributed by atoms with van der Waals surface area (Å²) >= 11 is 0. The fourth-order valence-corrected chi connectivity index (χ4v) is 3.77. The van der Waals surface area contributed by atoms with Gasteiger partial charge >= 0.3 is 0 Å². The van der Waals surface area contributed by atoms with Crippen LogP contribution in [0.15, 0.2) is 0 Å². The van der Waals surface area contributed by atoms with Crippen molar-refractivity contribution < 1.29 is 0 Å². The Morgan fingerprint density at radius 1 is 0.600 bits per heavy atom. The van der Waals surface area contributed by atoms with Gasteiger partial charge in [0.1, 0.15) is 0 Å². The van der Waals surface area contributed by atoms with Crippen LogP contribution in [0.5, 0.6) is 0 Å². The molecule has 0 aromatic rings. The molecule has 0 amide bonds. The minimum atomic E-state index is 0.989. The van der Waals surface area contributed by atoms with E-state index in [9.17, 15) is 0 Å². The number of hydrogen-bond donors (Lipinski definition) is 0. The Hall–Kier alpha value is 0. The molecule has 0 heteroatoms. The van der Waals surface area contributed by atoms with Gasteiger partial charge in [-0.15, -0.1) is 0 Å². The zero-order valence-electron chi connectivity index (χ0n) is 10.8. The molecule has 2 aliphatic carbocycles. The van der Waals surface area contributed by atoms with Crippen molar-refractivity contribution in [2.75, 3.05) is 0 Å². The third kappa shape index (κ3) is 2.77. The fourth-order valence-electron chi connectivity index (χ4n) is 3.77. The molecular weight excluding hydrogens is 180 g/mol. The van der Waals surface area contributed by atoms with Crippen molar-refractivity contribution in [3.8, 4) is 0 Å². The van der Waals surface area contributed by atoms with E-state index in [1.165, 1.54) is 44.9 Å². The lowest BCUT2D eigenvalue weighted by Gasteiger charge is -2.39. The van der Waals surface area contributed by atoms with Gasteiger partial charge in [0.25, 0.3) is 0 Å². The molecule has 2 fully saturated rings. The molecule has 2 aliphatic rings. The lowest BCUT2D eigenvalue weighted by Crippen LogP contribution is -2.28. The zero-order valence-corrected chi connectivity index (χ0v) is 10.8. The summed E-state index contributed by atoms with van der Waals surface area (Å²) in [7, 11) is 0. The molecule has 0 spiro atoms. The van der Waals surface area contributed by atoms with Crippen LogP contribution in [0.1, 0.15) is 65.7 Å². The van der Waals surface area contributed by atoms with Crippen LogP contribution in [0.2, 0.25) is 0 Å². The molecule has 0 aliphatic heterocycles. The Kier molecular flexibility index (Phi) is 3.74.